The van der Waals surface area contributed by atoms with E-state index in [9.17, 15) is 24.6 Å². The van der Waals surface area contributed by atoms with E-state index in [1.54, 1.807) is 6.92 Å². The predicted molar refractivity (Wildman–Crippen MR) is 111 cm³/mol. The van der Waals surface area contributed by atoms with Gasteiger partial charge in [0.25, 0.3) is 0 Å². The van der Waals surface area contributed by atoms with Gasteiger partial charge in [-0.2, -0.15) is 0 Å². The molecule has 1 heterocycles. The minimum atomic E-state index is -1.07. The number of hydrogen-bond acceptors (Lipinski definition) is 4. The predicted octanol–water partition coefficient (Wildman–Crippen LogP) is 2.09. The summed E-state index contributed by atoms with van der Waals surface area (Å²) in [6, 6.07) is 14.3. The SMILES string of the molecule is CC(N[C@@H](CCc1ccccc1)C(=O)O)C(=O)N1Cc2ccccc2C[C@H]1C(=O)O. The molecule has 3 atom stereocenters. The molecule has 158 valence electrons. The zero-order valence-electron chi connectivity index (χ0n) is 16.8. The fourth-order valence-corrected chi connectivity index (χ4v) is 3.83. The summed E-state index contributed by atoms with van der Waals surface area (Å²) in [5.41, 5.74) is 2.85. The first kappa shape index (κ1) is 21.5. The highest BCUT2D eigenvalue weighted by Gasteiger charge is 2.37. The van der Waals surface area contributed by atoms with Crippen LogP contribution in [0.1, 0.15) is 30.0 Å². The van der Waals surface area contributed by atoms with E-state index in [-0.39, 0.29) is 13.0 Å². The first-order valence-electron chi connectivity index (χ1n) is 9.99. The fraction of sp³-hybridized carbons (Fsp3) is 0.348. The number of carboxylic acids is 2. The molecule has 1 unspecified atom stereocenters. The van der Waals surface area contributed by atoms with Gasteiger partial charge in [0, 0.05) is 13.0 Å². The molecule has 7 heteroatoms. The summed E-state index contributed by atoms with van der Waals surface area (Å²) in [4.78, 5) is 37.9. The lowest BCUT2D eigenvalue weighted by Gasteiger charge is -2.36. The number of fused-ring (bicyclic) bond motifs is 1. The molecular weight excluding hydrogens is 384 g/mol. The number of carbonyl (C=O) groups is 3. The molecule has 3 rings (SSSR count). The molecule has 1 aliphatic heterocycles. The summed E-state index contributed by atoms with van der Waals surface area (Å²) < 4.78 is 0. The van der Waals surface area contributed by atoms with E-state index in [0.717, 1.165) is 16.7 Å². The van der Waals surface area contributed by atoms with Gasteiger partial charge in [-0.05, 0) is 36.5 Å². The third-order valence-corrected chi connectivity index (χ3v) is 5.50. The van der Waals surface area contributed by atoms with Crippen molar-refractivity contribution in [3.63, 3.8) is 0 Å². The molecule has 0 aliphatic carbocycles. The molecule has 1 aliphatic rings. The number of benzene rings is 2. The van der Waals surface area contributed by atoms with E-state index < -0.39 is 36.0 Å². The topological polar surface area (TPSA) is 107 Å². The summed E-state index contributed by atoms with van der Waals surface area (Å²) in [5.74, 6) is -2.52. The average molecular weight is 410 g/mol. The maximum atomic E-state index is 13.1. The first-order chi connectivity index (χ1) is 14.4. The molecule has 7 nitrogen and oxygen atoms in total. The van der Waals surface area contributed by atoms with Gasteiger partial charge in [-0.1, -0.05) is 54.6 Å². The van der Waals surface area contributed by atoms with E-state index in [1.165, 1.54) is 4.90 Å². The highest BCUT2D eigenvalue weighted by atomic mass is 16.4. The lowest BCUT2D eigenvalue weighted by Crippen LogP contribution is -2.56. The van der Waals surface area contributed by atoms with E-state index in [2.05, 4.69) is 5.32 Å². The number of aryl methyl sites for hydroxylation is 1. The summed E-state index contributed by atoms with van der Waals surface area (Å²) in [5, 5.41) is 22.1. The largest absolute Gasteiger partial charge is 0.480 e. The number of hydrogen-bond donors (Lipinski definition) is 3. The molecular formula is C23H26N2O5. The van der Waals surface area contributed by atoms with Crippen molar-refractivity contribution in [2.45, 2.75) is 50.9 Å². The minimum absolute atomic E-state index is 0.194. The van der Waals surface area contributed by atoms with Crippen LogP contribution in [0.4, 0.5) is 0 Å². The third kappa shape index (κ3) is 5.04. The van der Waals surface area contributed by atoms with Crippen LogP contribution < -0.4 is 5.32 Å². The van der Waals surface area contributed by atoms with Gasteiger partial charge in [0.1, 0.15) is 12.1 Å². The lowest BCUT2D eigenvalue weighted by molar-refractivity contribution is -0.152. The number of nitrogens with one attached hydrogen (secondary N) is 1. The number of amides is 1. The molecule has 3 N–H and O–H groups in total. The van der Waals surface area contributed by atoms with Gasteiger partial charge in [0.05, 0.1) is 6.04 Å². The van der Waals surface area contributed by atoms with Gasteiger partial charge in [-0.3, -0.25) is 14.9 Å². The Balaban J connectivity index is 1.69. The van der Waals surface area contributed by atoms with Crippen molar-refractivity contribution in [2.24, 2.45) is 0 Å². The number of nitrogens with zero attached hydrogens (tertiary/aromatic N) is 1. The van der Waals surface area contributed by atoms with Crippen LogP contribution in [0.3, 0.4) is 0 Å². The molecule has 0 saturated heterocycles. The third-order valence-electron chi connectivity index (χ3n) is 5.50. The number of rotatable bonds is 8. The Morgan fingerprint density at radius 1 is 1.03 bits per heavy atom. The quantitative estimate of drug-likeness (QED) is 0.615. The van der Waals surface area contributed by atoms with Gasteiger partial charge in [-0.15, -0.1) is 0 Å². The molecule has 0 fully saturated rings. The van der Waals surface area contributed by atoms with E-state index in [4.69, 9.17) is 0 Å². The molecule has 0 spiro atoms. The molecule has 1 amide bonds. The van der Waals surface area contributed by atoms with Crippen LogP contribution in [0, 0.1) is 0 Å². The fourth-order valence-electron chi connectivity index (χ4n) is 3.83. The smallest absolute Gasteiger partial charge is 0.326 e. The van der Waals surface area contributed by atoms with E-state index >= 15 is 0 Å². The van der Waals surface area contributed by atoms with Crippen LogP contribution in [0.5, 0.6) is 0 Å². The van der Waals surface area contributed by atoms with E-state index in [1.807, 2.05) is 54.6 Å². The first-order valence-corrected chi connectivity index (χ1v) is 9.99. The Hall–Kier alpha value is -3.19. The summed E-state index contributed by atoms with van der Waals surface area (Å²) >= 11 is 0. The van der Waals surface area contributed by atoms with Crippen molar-refractivity contribution < 1.29 is 24.6 Å². The second-order valence-corrected chi connectivity index (χ2v) is 7.60. The maximum Gasteiger partial charge on any atom is 0.326 e. The number of carboxylic acid groups (broad SMARTS) is 2. The van der Waals surface area contributed by atoms with Gasteiger partial charge >= 0.3 is 11.9 Å². The summed E-state index contributed by atoms with van der Waals surface area (Å²) in [6.45, 7) is 1.78. The molecule has 30 heavy (non-hydrogen) atoms. The second kappa shape index (κ2) is 9.54. The molecule has 0 bridgehead atoms. The molecule has 2 aromatic rings. The van der Waals surface area contributed by atoms with Gasteiger partial charge in [-0.25, -0.2) is 4.79 Å². The van der Waals surface area contributed by atoms with Gasteiger partial charge < -0.3 is 15.1 Å². The van der Waals surface area contributed by atoms with Crippen LogP contribution in [0.2, 0.25) is 0 Å². The number of carbonyl (C=O) groups excluding carboxylic acids is 1. The lowest BCUT2D eigenvalue weighted by atomic mass is 9.93. The number of aliphatic carboxylic acids is 2. The summed E-state index contributed by atoms with van der Waals surface area (Å²) in [6.07, 6.45) is 1.11. The van der Waals surface area contributed by atoms with Crippen LogP contribution in [0.15, 0.2) is 54.6 Å². The van der Waals surface area contributed by atoms with Gasteiger partial charge in [0.15, 0.2) is 0 Å². The standard InChI is InChI=1S/C23H26N2O5/c1-15(24-19(22(27)28)12-11-16-7-3-2-4-8-16)21(26)25-14-18-10-6-5-9-17(18)13-20(25)23(29)30/h2-10,15,19-20,24H,11-14H2,1H3,(H,27,28)(H,29,30)/t15?,19-,20-/m0/s1. The molecule has 0 saturated carbocycles. The van der Waals surface area contributed by atoms with Crippen molar-refractivity contribution in [3.05, 3.63) is 71.3 Å². The maximum absolute atomic E-state index is 13.1. The molecule has 2 aromatic carbocycles. The van der Waals surface area contributed by atoms with Crippen LogP contribution >= 0.6 is 0 Å². The van der Waals surface area contributed by atoms with Crippen molar-refractivity contribution in [1.29, 1.82) is 0 Å². The molecule has 0 aromatic heterocycles. The second-order valence-electron chi connectivity index (χ2n) is 7.60. The highest BCUT2D eigenvalue weighted by Crippen LogP contribution is 2.24. The normalized spacial score (nSPS) is 17.6. The van der Waals surface area contributed by atoms with Crippen LogP contribution in [-0.2, 0) is 33.8 Å². The van der Waals surface area contributed by atoms with Crippen LogP contribution in [-0.4, -0.2) is 51.1 Å². The monoisotopic (exact) mass is 410 g/mol. The Labute approximate surface area is 175 Å². The molecule has 0 radical (unpaired) electrons. The Morgan fingerprint density at radius 2 is 1.67 bits per heavy atom. The zero-order chi connectivity index (χ0) is 21.7. The minimum Gasteiger partial charge on any atom is -0.480 e. The highest BCUT2D eigenvalue weighted by molar-refractivity contribution is 5.88. The van der Waals surface area contributed by atoms with Crippen molar-refractivity contribution in [2.75, 3.05) is 0 Å². The van der Waals surface area contributed by atoms with E-state index in [0.29, 0.717) is 12.8 Å². The van der Waals surface area contributed by atoms with Crippen LogP contribution in [0.25, 0.3) is 0 Å². The Kier molecular flexibility index (Phi) is 6.84. The summed E-state index contributed by atoms with van der Waals surface area (Å²) in [7, 11) is 0. The Bertz CT molecular complexity index is 915. The zero-order valence-corrected chi connectivity index (χ0v) is 16.8. The van der Waals surface area contributed by atoms with Crippen molar-refractivity contribution >= 4 is 17.8 Å². The Morgan fingerprint density at radius 3 is 2.30 bits per heavy atom. The van der Waals surface area contributed by atoms with Crippen molar-refractivity contribution in [3.8, 4) is 0 Å². The van der Waals surface area contributed by atoms with Crippen molar-refractivity contribution in [1.82, 2.24) is 10.2 Å². The van der Waals surface area contributed by atoms with Gasteiger partial charge in [0.2, 0.25) is 5.91 Å². The average Bonchev–Trinajstić information content (AvgIpc) is 2.75.